The van der Waals surface area contributed by atoms with Crippen LogP contribution in [-0.4, -0.2) is 42.0 Å². The van der Waals surface area contributed by atoms with Gasteiger partial charge in [0.1, 0.15) is 6.04 Å². The minimum Gasteiger partial charge on any atom is -0.379 e. The lowest BCUT2D eigenvalue weighted by Crippen LogP contribution is -2.49. The first-order valence-corrected chi connectivity index (χ1v) is 9.06. The van der Waals surface area contributed by atoms with Gasteiger partial charge in [-0.3, -0.25) is 9.59 Å². The Bertz CT molecular complexity index is 529. The Labute approximate surface area is 151 Å². The lowest BCUT2D eigenvalue weighted by molar-refractivity contribution is -0.143. The standard InChI is InChI=1S/C20H32N2O3/c1-15(2)20(24)22(14-18-10-7-6-8-11-18)17(5)19(23)21-12-9-13-25-16(3)4/h6-8,10-11,15-17H,9,12-14H2,1-5H3,(H,21,23)/t17-/m0/s1. The highest BCUT2D eigenvalue weighted by Crippen LogP contribution is 2.13. The SMILES string of the molecule is CC(C)OCCCNC(=O)[C@H](C)N(Cc1ccccc1)C(=O)C(C)C. The molecule has 5 nitrogen and oxygen atoms in total. The molecule has 0 aromatic heterocycles. The number of rotatable bonds is 10. The third kappa shape index (κ3) is 7.69. The molecule has 140 valence electrons. The fourth-order valence-corrected chi connectivity index (χ4v) is 2.41. The molecule has 0 radical (unpaired) electrons. The van der Waals surface area contributed by atoms with Gasteiger partial charge in [0.25, 0.3) is 0 Å². The minimum atomic E-state index is -0.513. The maximum atomic E-state index is 12.6. The van der Waals surface area contributed by atoms with Crippen LogP contribution in [0.2, 0.25) is 0 Å². The molecule has 0 heterocycles. The molecule has 1 aromatic rings. The summed E-state index contributed by atoms with van der Waals surface area (Å²) in [7, 11) is 0. The van der Waals surface area contributed by atoms with Crippen molar-refractivity contribution in [1.82, 2.24) is 10.2 Å². The van der Waals surface area contributed by atoms with Gasteiger partial charge in [0.05, 0.1) is 6.10 Å². The van der Waals surface area contributed by atoms with Crippen molar-refractivity contribution in [2.45, 2.75) is 59.7 Å². The Morgan fingerprint density at radius 3 is 2.28 bits per heavy atom. The first-order valence-electron chi connectivity index (χ1n) is 9.06. The highest BCUT2D eigenvalue weighted by molar-refractivity contribution is 5.88. The van der Waals surface area contributed by atoms with Crippen LogP contribution in [0.15, 0.2) is 30.3 Å². The van der Waals surface area contributed by atoms with Gasteiger partial charge >= 0.3 is 0 Å². The van der Waals surface area contributed by atoms with Gasteiger partial charge in [-0.05, 0) is 32.8 Å². The van der Waals surface area contributed by atoms with Crippen molar-refractivity contribution in [3.05, 3.63) is 35.9 Å². The number of ether oxygens (including phenoxy) is 1. The number of benzene rings is 1. The Hall–Kier alpha value is -1.88. The molecule has 1 rings (SSSR count). The molecule has 25 heavy (non-hydrogen) atoms. The summed E-state index contributed by atoms with van der Waals surface area (Å²) in [4.78, 5) is 26.7. The molecule has 0 aliphatic rings. The van der Waals surface area contributed by atoms with Gasteiger partial charge in [-0.25, -0.2) is 0 Å². The lowest BCUT2D eigenvalue weighted by atomic mass is 10.1. The second-order valence-corrected chi connectivity index (χ2v) is 6.85. The number of carbonyl (C=O) groups excluding carboxylic acids is 2. The predicted octanol–water partition coefficient (Wildman–Crippen LogP) is 2.99. The van der Waals surface area contributed by atoms with Crippen LogP contribution < -0.4 is 5.32 Å². The summed E-state index contributed by atoms with van der Waals surface area (Å²) in [5.74, 6) is -0.303. The van der Waals surface area contributed by atoms with Crippen LogP contribution in [0.3, 0.4) is 0 Å². The summed E-state index contributed by atoms with van der Waals surface area (Å²) in [6.07, 6.45) is 0.952. The van der Waals surface area contributed by atoms with E-state index in [2.05, 4.69) is 5.32 Å². The Balaban J connectivity index is 2.63. The van der Waals surface area contributed by atoms with Gasteiger partial charge in [-0.1, -0.05) is 44.2 Å². The average molecular weight is 348 g/mol. The van der Waals surface area contributed by atoms with Gasteiger partial charge in [-0.15, -0.1) is 0 Å². The van der Waals surface area contributed by atoms with Crippen LogP contribution in [0.5, 0.6) is 0 Å². The van der Waals surface area contributed by atoms with Gasteiger partial charge in [0.15, 0.2) is 0 Å². The zero-order valence-electron chi connectivity index (χ0n) is 16.1. The first kappa shape index (κ1) is 21.2. The highest BCUT2D eigenvalue weighted by Gasteiger charge is 2.27. The molecule has 0 bridgehead atoms. The van der Waals surface area contributed by atoms with E-state index >= 15 is 0 Å². The Morgan fingerprint density at radius 1 is 1.08 bits per heavy atom. The van der Waals surface area contributed by atoms with E-state index in [-0.39, 0.29) is 23.8 Å². The largest absolute Gasteiger partial charge is 0.379 e. The third-order valence-electron chi connectivity index (χ3n) is 3.89. The Morgan fingerprint density at radius 2 is 1.72 bits per heavy atom. The maximum absolute atomic E-state index is 12.6. The zero-order chi connectivity index (χ0) is 18.8. The number of nitrogens with one attached hydrogen (secondary N) is 1. The summed E-state index contributed by atoms with van der Waals surface area (Å²) in [6.45, 7) is 11.1. The molecule has 0 fully saturated rings. The van der Waals surface area contributed by atoms with Gasteiger partial charge in [-0.2, -0.15) is 0 Å². The number of carbonyl (C=O) groups is 2. The molecule has 0 saturated heterocycles. The van der Waals surface area contributed by atoms with Crippen LogP contribution in [0, 0.1) is 5.92 Å². The number of hydrogen-bond acceptors (Lipinski definition) is 3. The van der Waals surface area contributed by atoms with Gasteiger partial charge in [0.2, 0.25) is 11.8 Å². The smallest absolute Gasteiger partial charge is 0.242 e. The Kier molecular flexibility index (Phi) is 9.21. The number of hydrogen-bond donors (Lipinski definition) is 1. The molecular weight excluding hydrogens is 316 g/mol. The number of nitrogens with zero attached hydrogens (tertiary/aromatic N) is 1. The second kappa shape index (κ2) is 10.9. The normalized spacial score (nSPS) is 12.3. The van der Waals surface area contributed by atoms with E-state index in [1.165, 1.54) is 0 Å². The van der Waals surface area contributed by atoms with Crippen molar-refractivity contribution < 1.29 is 14.3 Å². The van der Waals surface area contributed by atoms with Crippen molar-refractivity contribution in [1.29, 1.82) is 0 Å². The second-order valence-electron chi connectivity index (χ2n) is 6.85. The zero-order valence-corrected chi connectivity index (χ0v) is 16.1. The molecular formula is C20H32N2O3. The summed E-state index contributed by atoms with van der Waals surface area (Å²) in [5, 5.41) is 2.90. The van der Waals surface area contributed by atoms with Crippen molar-refractivity contribution in [3.8, 4) is 0 Å². The summed E-state index contributed by atoms with van der Waals surface area (Å²) in [5.41, 5.74) is 1.02. The monoisotopic (exact) mass is 348 g/mol. The molecule has 0 aliphatic heterocycles. The lowest BCUT2D eigenvalue weighted by Gasteiger charge is -2.30. The molecule has 0 spiro atoms. The van der Waals surface area contributed by atoms with E-state index in [0.29, 0.717) is 19.7 Å². The van der Waals surface area contributed by atoms with E-state index in [1.807, 2.05) is 58.0 Å². The molecule has 5 heteroatoms. The molecule has 0 aliphatic carbocycles. The summed E-state index contributed by atoms with van der Waals surface area (Å²) in [6, 6.07) is 9.23. The van der Waals surface area contributed by atoms with Crippen molar-refractivity contribution in [2.24, 2.45) is 5.92 Å². The third-order valence-corrected chi connectivity index (χ3v) is 3.89. The van der Waals surface area contributed by atoms with E-state index < -0.39 is 6.04 Å². The topological polar surface area (TPSA) is 58.6 Å². The fraction of sp³-hybridized carbons (Fsp3) is 0.600. The van der Waals surface area contributed by atoms with Gasteiger partial charge < -0.3 is 15.0 Å². The molecule has 1 N–H and O–H groups in total. The van der Waals surface area contributed by atoms with Crippen molar-refractivity contribution in [2.75, 3.05) is 13.2 Å². The summed E-state index contributed by atoms with van der Waals surface area (Å²) >= 11 is 0. The molecule has 1 aromatic carbocycles. The minimum absolute atomic E-state index is 0.0188. The van der Waals surface area contributed by atoms with Crippen LogP contribution in [0.1, 0.15) is 46.6 Å². The molecule has 0 unspecified atom stereocenters. The van der Waals surface area contributed by atoms with Gasteiger partial charge in [0, 0.05) is 25.6 Å². The number of amides is 2. The highest BCUT2D eigenvalue weighted by atomic mass is 16.5. The molecule has 0 saturated carbocycles. The van der Waals surface area contributed by atoms with Crippen molar-refractivity contribution in [3.63, 3.8) is 0 Å². The van der Waals surface area contributed by atoms with Crippen LogP contribution in [-0.2, 0) is 20.9 Å². The molecule has 2 amide bonds. The first-order chi connectivity index (χ1) is 11.8. The van der Waals surface area contributed by atoms with Crippen molar-refractivity contribution >= 4 is 11.8 Å². The molecule has 1 atom stereocenters. The maximum Gasteiger partial charge on any atom is 0.242 e. The average Bonchev–Trinajstić information content (AvgIpc) is 2.58. The van der Waals surface area contributed by atoms with Crippen LogP contribution >= 0.6 is 0 Å². The fourth-order valence-electron chi connectivity index (χ4n) is 2.41. The van der Waals surface area contributed by atoms with E-state index in [0.717, 1.165) is 12.0 Å². The van der Waals surface area contributed by atoms with E-state index in [4.69, 9.17) is 4.74 Å². The van der Waals surface area contributed by atoms with E-state index in [9.17, 15) is 9.59 Å². The van der Waals surface area contributed by atoms with Crippen LogP contribution in [0.25, 0.3) is 0 Å². The predicted molar refractivity (Wildman–Crippen MR) is 100 cm³/mol. The van der Waals surface area contributed by atoms with E-state index in [1.54, 1.807) is 11.8 Å². The quantitative estimate of drug-likeness (QED) is 0.661. The van der Waals surface area contributed by atoms with Crippen LogP contribution in [0.4, 0.5) is 0 Å². The summed E-state index contributed by atoms with van der Waals surface area (Å²) < 4.78 is 5.46.